The minimum absolute atomic E-state index is 0.166. The Morgan fingerprint density at radius 1 is 1.24 bits per heavy atom. The van der Waals surface area contributed by atoms with Gasteiger partial charge in [0.15, 0.2) is 5.69 Å². The molecule has 0 unspecified atom stereocenters. The van der Waals surface area contributed by atoms with Crippen LogP contribution in [0, 0.1) is 5.41 Å². The van der Waals surface area contributed by atoms with Crippen LogP contribution in [-0.2, 0) is 12.8 Å². The second kappa shape index (κ2) is 6.98. The van der Waals surface area contributed by atoms with Crippen LogP contribution in [0.1, 0.15) is 35.1 Å². The average Bonchev–Trinajstić information content (AvgIpc) is 3.24. The van der Waals surface area contributed by atoms with Crippen LogP contribution in [0.25, 0.3) is 5.69 Å². The van der Waals surface area contributed by atoms with E-state index < -0.39 is 5.41 Å². The molecule has 0 saturated carbocycles. The SMILES string of the molecule is CN(CC(C)(CO)CO)C(=O)c1nn(-c2ccccc2)c2c1CCC2. The lowest BCUT2D eigenvalue weighted by Gasteiger charge is -2.30. The highest BCUT2D eigenvalue weighted by atomic mass is 16.3. The summed E-state index contributed by atoms with van der Waals surface area (Å²) in [5.41, 5.74) is 2.84. The Hall–Kier alpha value is -2.18. The molecule has 0 aliphatic heterocycles. The van der Waals surface area contributed by atoms with Gasteiger partial charge < -0.3 is 15.1 Å². The van der Waals surface area contributed by atoms with Gasteiger partial charge in [0.1, 0.15) is 0 Å². The van der Waals surface area contributed by atoms with Crippen molar-refractivity contribution < 1.29 is 15.0 Å². The van der Waals surface area contributed by atoms with E-state index >= 15 is 0 Å². The number of para-hydroxylation sites is 1. The molecule has 0 spiro atoms. The third kappa shape index (κ3) is 3.32. The summed E-state index contributed by atoms with van der Waals surface area (Å²) in [6, 6.07) is 9.84. The van der Waals surface area contributed by atoms with Crippen LogP contribution < -0.4 is 0 Å². The Kier molecular flexibility index (Phi) is 4.92. The molecule has 1 aromatic heterocycles. The number of aliphatic hydroxyl groups excluding tert-OH is 2. The molecule has 134 valence electrons. The van der Waals surface area contributed by atoms with E-state index in [-0.39, 0.29) is 25.7 Å². The number of fused-ring (bicyclic) bond motifs is 1. The predicted octanol–water partition coefficient (Wildman–Crippen LogP) is 1.42. The third-order valence-electron chi connectivity index (χ3n) is 4.86. The van der Waals surface area contributed by atoms with Crippen molar-refractivity contribution in [3.05, 3.63) is 47.3 Å². The molecule has 6 heteroatoms. The minimum atomic E-state index is -0.727. The van der Waals surface area contributed by atoms with E-state index in [1.165, 1.54) is 0 Å². The molecule has 1 aromatic carbocycles. The fourth-order valence-corrected chi connectivity index (χ4v) is 3.37. The lowest BCUT2D eigenvalue weighted by atomic mass is 9.92. The van der Waals surface area contributed by atoms with Crippen molar-refractivity contribution in [2.24, 2.45) is 5.41 Å². The van der Waals surface area contributed by atoms with E-state index in [9.17, 15) is 15.0 Å². The Balaban J connectivity index is 1.92. The van der Waals surface area contributed by atoms with Crippen molar-refractivity contribution in [1.82, 2.24) is 14.7 Å². The van der Waals surface area contributed by atoms with E-state index in [0.717, 1.165) is 36.2 Å². The van der Waals surface area contributed by atoms with Crippen molar-refractivity contribution in [3.8, 4) is 5.69 Å². The lowest BCUT2D eigenvalue weighted by molar-refractivity contribution is 0.0363. The summed E-state index contributed by atoms with van der Waals surface area (Å²) in [7, 11) is 1.69. The Morgan fingerprint density at radius 2 is 1.92 bits per heavy atom. The zero-order valence-electron chi connectivity index (χ0n) is 14.8. The van der Waals surface area contributed by atoms with E-state index in [0.29, 0.717) is 5.69 Å². The zero-order chi connectivity index (χ0) is 18.0. The number of aromatic nitrogens is 2. The first-order valence-electron chi connectivity index (χ1n) is 8.62. The summed E-state index contributed by atoms with van der Waals surface area (Å²) in [5, 5.41) is 23.6. The number of aliphatic hydroxyl groups is 2. The molecule has 2 N–H and O–H groups in total. The van der Waals surface area contributed by atoms with Gasteiger partial charge in [-0.15, -0.1) is 0 Å². The lowest BCUT2D eigenvalue weighted by Crippen LogP contribution is -2.42. The predicted molar refractivity (Wildman–Crippen MR) is 94.8 cm³/mol. The molecule has 0 radical (unpaired) electrons. The molecule has 1 heterocycles. The molecule has 2 aromatic rings. The zero-order valence-corrected chi connectivity index (χ0v) is 14.8. The molecule has 25 heavy (non-hydrogen) atoms. The van der Waals surface area contributed by atoms with Gasteiger partial charge in [0.25, 0.3) is 5.91 Å². The number of benzene rings is 1. The van der Waals surface area contributed by atoms with Crippen molar-refractivity contribution in [2.75, 3.05) is 26.8 Å². The first-order valence-corrected chi connectivity index (χ1v) is 8.62. The van der Waals surface area contributed by atoms with E-state index in [1.807, 2.05) is 35.0 Å². The number of rotatable bonds is 6. The second-order valence-corrected chi connectivity index (χ2v) is 7.16. The average molecular weight is 343 g/mol. The summed E-state index contributed by atoms with van der Waals surface area (Å²) in [6.45, 7) is 1.66. The molecule has 0 saturated heterocycles. The first kappa shape index (κ1) is 17.6. The van der Waals surface area contributed by atoms with Crippen molar-refractivity contribution in [2.45, 2.75) is 26.2 Å². The molecular formula is C19H25N3O3. The van der Waals surface area contributed by atoms with Gasteiger partial charge in [-0.3, -0.25) is 4.79 Å². The smallest absolute Gasteiger partial charge is 0.274 e. The third-order valence-corrected chi connectivity index (χ3v) is 4.86. The van der Waals surface area contributed by atoms with Gasteiger partial charge in [0.2, 0.25) is 0 Å². The van der Waals surface area contributed by atoms with Gasteiger partial charge in [0.05, 0.1) is 18.9 Å². The second-order valence-electron chi connectivity index (χ2n) is 7.16. The first-order chi connectivity index (χ1) is 12.0. The van der Waals surface area contributed by atoms with Crippen molar-refractivity contribution in [3.63, 3.8) is 0 Å². The summed E-state index contributed by atoms with van der Waals surface area (Å²) in [5.74, 6) is -0.166. The standard InChI is InChI=1S/C19H25N3O3/c1-19(12-23,13-24)11-21(2)18(25)17-15-9-6-10-16(15)22(20-17)14-7-4-3-5-8-14/h3-5,7-8,23-24H,6,9-13H2,1-2H3. The van der Waals surface area contributed by atoms with Gasteiger partial charge in [-0.05, 0) is 31.4 Å². The number of carbonyl (C=O) groups excluding carboxylic acids is 1. The van der Waals surface area contributed by atoms with Gasteiger partial charge in [-0.2, -0.15) is 5.10 Å². The summed E-state index contributed by atoms with van der Waals surface area (Å²) < 4.78 is 1.88. The van der Waals surface area contributed by atoms with Crippen LogP contribution in [0.5, 0.6) is 0 Å². The molecule has 1 amide bonds. The number of carbonyl (C=O) groups is 1. The Bertz CT molecular complexity index is 751. The van der Waals surface area contributed by atoms with E-state index in [1.54, 1.807) is 18.9 Å². The van der Waals surface area contributed by atoms with Crippen molar-refractivity contribution >= 4 is 5.91 Å². The summed E-state index contributed by atoms with van der Waals surface area (Å²) in [6.07, 6.45) is 2.79. The summed E-state index contributed by atoms with van der Waals surface area (Å²) >= 11 is 0. The Labute approximate surface area is 147 Å². The fourth-order valence-electron chi connectivity index (χ4n) is 3.37. The van der Waals surface area contributed by atoms with Gasteiger partial charge in [-0.25, -0.2) is 4.68 Å². The largest absolute Gasteiger partial charge is 0.396 e. The van der Waals surface area contributed by atoms with Gasteiger partial charge in [0, 0.05) is 30.3 Å². The Morgan fingerprint density at radius 3 is 2.56 bits per heavy atom. The van der Waals surface area contributed by atoms with Crippen LogP contribution in [0.15, 0.2) is 30.3 Å². The van der Waals surface area contributed by atoms with E-state index in [2.05, 4.69) is 5.10 Å². The topological polar surface area (TPSA) is 78.6 Å². The van der Waals surface area contributed by atoms with Crippen LogP contribution in [0.3, 0.4) is 0 Å². The van der Waals surface area contributed by atoms with Gasteiger partial charge >= 0.3 is 0 Å². The van der Waals surface area contributed by atoms with Crippen LogP contribution >= 0.6 is 0 Å². The number of hydrogen-bond donors (Lipinski definition) is 2. The van der Waals surface area contributed by atoms with Crippen LogP contribution in [0.4, 0.5) is 0 Å². The normalized spacial score (nSPS) is 13.8. The van der Waals surface area contributed by atoms with Crippen LogP contribution in [0.2, 0.25) is 0 Å². The van der Waals surface area contributed by atoms with Crippen molar-refractivity contribution in [1.29, 1.82) is 0 Å². The molecule has 6 nitrogen and oxygen atoms in total. The monoisotopic (exact) mass is 343 g/mol. The summed E-state index contributed by atoms with van der Waals surface area (Å²) in [4.78, 5) is 14.5. The quantitative estimate of drug-likeness (QED) is 0.832. The highest BCUT2D eigenvalue weighted by Gasteiger charge is 2.31. The maximum atomic E-state index is 12.9. The highest BCUT2D eigenvalue weighted by molar-refractivity contribution is 5.94. The van der Waals surface area contributed by atoms with Crippen LogP contribution in [-0.4, -0.2) is 57.6 Å². The maximum Gasteiger partial charge on any atom is 0.274 e. The number of amides is 1. The molecule has 3 rings (SSSR count). The molecule has 1 aliphatic carbocycles. The molecule has 0 atom stereocenters. The number of hydrogen-bond acceptors (Lipinski definition) is 4. The maximum absolute atomic E-state index is 12.9. The number of nitrogens with zero attached hydrogens (tertiary/aromatic N) is 3. The van der Waals surface area contributed by atoms with E-state index in [4.69, 9.17) is 0 Å². The minimum Gasteiger partial charge on any atom is -0.396 e. The van der Waals surface area contributed by atoms with Gasteiger partial charge in [-0.1, -0.05) is 25.1 Å². The molecular weight excluding hydrogens is 318 g/mol. The molecule has 1 aliphatic rings. The molecule has 0 fully saturated rings. The molecule has 0 bridgehead atoms. The highest BCUT2D eigenvalue weighted by Crippen LogP contribution is 2.29. The fraction of sp³-hybridized carbons (Fsp3) is 0.474.